The zero-order valence-corrected chi connectivity index (χ0v) is 17.0. The second-order valence-electron chi connectivity index (χ2n) is 7.23. The van der Waals surface area contributed by atoms with Crippen LogP contribution in [-0.2, 0) is 4.79 Å². The minimum absolute atomic E-state index is 0.0403. The zero-order valence-electron chi connectivity index (χ0n) is 16.2. The summed E-state index contributed by atoms with van der Waals surface area (Å²) in [6.07, 6.45) is 3.93. The number of carbonyl (C=O) groups is 1. The van der Waals surface area contributed by atoms with Crippen molar-refractivity contribution in [3.63, 3.8) is 0 Å². The van der Waals surface area contributed by atoms with Gasteiger partial charge in [-0.05, 0) is 69.4 Å². The maximum absolute atomic E-state index is 12.7. The third kappa shape index (κ3) is 4.08. The van der Waals surface area contributed by atoms with Crippen LogP contribution in [0.15, 0.2) is 57.8 Å². The van der Waals surface area contributed by atoms with Gasteiger partial charge in [-0.15, -0.1) is 11.8 Å². The molecule has 1 unspecified atom stereocenters. The van der Waals surface area contributed by atoms with Crippen LogP contribution >= 0.6 is 11.8 Å². The number of hydrogen-bond acceptors (Lipinski definition) is 5. The van der Waals surface area contributed by atoms with Crippen molar-refractivity contribution in [2.24, 2.45) is 0 Å². The Bertz CT molecular complexity index is 930. The molecule has 1 aliphatic heterocycles. The molecule has 0 aliphatic carbocycles. The fraction of sp³-hybridized carbons (Fsp3) is 0.364. The molecule has 146 valence electrons. The van der Waals surface area contributed by atoms with Gasteiger partial charge in [0.15, 0.2) is 11.5 Å². The van der Waals surface area contributed by atoms with Gasteiger partial charge in [-0.3, -0.25) is 9.69 Å². The third-order valence-electron chi connectivity index (χ3n) is 5.45. The first kappa shape index (κ1) is 19.0. The van der Waals surface area contributed by atoms with Crippen molar-refractivity contribution in [3.05, 3.63) is 54.4 Å². The van der Waals surface area contributed by atoms with Crippen LogP contribution in [0.2, 0.25) is 0 Å². The Morgan fingerprint density at radius 2 is 2.00 bits per heavy atom. The summed E-state index contributed by atoms with van der Waals surface area (Å²) in [5.74, 6) is 1.18. The van der Waals surface area contributed by atoms with Crippen LogP contribution in [0.5, 0.6) is 0 Å². The van der Waals surface area contributed by atoms with Crippen LogP contribution < -0.4 is 5.32 Å². The number of aromatic nitrogens is 1. The van der Waals surface area contributed by atoms with E-state index in [0.29, 0.717) is 5.92 Å². The lowest BCUT2D eigenvalue weighted by Crippen LogP contribution is -2.45. The molecule has 6 heteroatoms. The number of nitrogens with one attached hydrogen (secondary N) is 1. The van der Waals surface area contributed by atoms with E-state index in [1.165, 1.54) is 0 Å². The van der Waals surface area contributed by atoms with Crippen molar-refractivity contribution in [1.29, 1.82) is 0 Å². The van der Waals surface area contributed by atoms with Crippen LogP contribution in [0.4, 0.5) is 5.69 Å². The molecule has 28 heavy (non-hydrogen) atoms. The smallest absolute Gasteiger partial charge is 0.241 e. The summed E-state index contributed by atoms with van der Waals surface area (Å²) >= 11 is 1.67. The first-order valence-corrected chi connectivity index (χ1v) is 10.9. The van der Waals surface area contributed by atoms with Gasteiger partial charge in [-0.25, -0.2) is 4.98 Å². The Morgan fingerprint density at radius 1 is 1.21 bits per heavy atom. The minimum atomic E-state index is -0.164. The molecule has 0 radical (unpaired) electrons. The number of benzene rings is 2. The summed E-state index contributed by atoms with van der Waals surface area (Å²) in [5, 5.41) is 3.05. The summed E-state index contributed by atoms with van der Waals surface area (Å²) in [6, 6.07) is 15.7. The molecule has 0 bridgehead atoms. The van der Waals surface area contributed by atoms with Crippen LogP contribution in [0.3, 0.4) is 0 Å². The molecule has 4 rings (SSSR count). The molecule has 2 heterocycles. The summed E-state index contributed by atoms with van der Waals surface area (Å²) in [5.41, 5.74) is 2.62. The van der Waals surface area contributed by atoms with Gasteiger partial charge in [-0.2, -0.15) is 0 Å². The Labute approximate surface area is 169 Å². The Hall–Kier alpha value is -2.31. The van der Waals surface area contributed by atoms with E-state index < -0.39 is 0 Å². The van der Waals surface area contributed by atoms with Crippen molar-refractivity contribution in [2.75, 3.05) is 24.7 Å². The molecule has 0 spiro atoms. The predicted octanol–water partition coefficient (Wildman–Crippen LogP) is 4.76. The first-order chi connectivity index (χ1) is 13.6. The molecule has 2 aromatic carbocycles. The SMILES string of the molecule is CSc1cccc(NC(=O)C(C)N2CCC(c3nc4ccccc4o3)CC2)c1. The number of nitrogens with zero attached hydrogens (tertiary/aromatic N) is 2. The number of anilines is 1. The molecule has 3 aromatic rings. The maximum atomic E-state index is 12.7. The fourth-order valence-corrected chi connectivity index (χ4v) is 4.17. The van der Waals surface area contributed by atoms with Gasteiger partial charge in [0.25, 0.3) is 0 Å². The number of likely N-dealkylation sites (tertiary alicyclic amines) is 1. The fourth-order valence-electron chi connectivity index (χ4n) is 3.71. The predicted molar refractivity (Wildman–Crippen MR) is 114 cm³/mol. The number of oxazole rings is 1. The van der Waals surface area contributed by atoms with Gasteiger partial charge >= 0.3 is 0 Å². The topological polar surface area (TPSA) is 58.4 Å². The van der Waals surface area contributed by atoms with Crippen LogP contribution in [-0.4, -0.2) is 41.2 Å². The van der Waals surface area contributed by atoms with E-state index in [4.69, 9.17) is 4.42 Å². The number of rotatable bonds is 5. The van der Waals surface area contributed by atoms with E-state index in [1.54, 1.807) is 11.8 Å². The molecular formula is C22H25N3O2S. The number of para-hydroxylation sites is 2. The third-order valence-corrected chi connectivity index (χ3v) is 6.18. The average Bonchev–Trinajstić information content (AvgIpc) is 3.17. The van der Waals surface area contributed by atoms with Crippen molar-refractivity contribution < 1.29 is 9.21 Å². The summed E-state index contributed by atoms with van der Waals surface area (Å²) < 4.78 is 5.94. The van der Waals surface area contributed by atoms with Crippen LogP contribution in [0.25, 0.3) is 11.1 Å². The normalized spacial score (nSPS) is 16.9. The lowest BCUT2D eigenvalue weighted by Gasteiger charge is -2.34. The highest BCUT2D eigenvalue weighted by Crippen LogP contribution is 2.30. The number of fused-ring (bicyclic) bond motifs is 1. The Morgan fingerprint density at radius 3 is 2.75 bits per heavy atom. The lowest BCUT2D eigenvalue weighted by atomic mass is 9.95. The lowest BCUT2D eigenvalue weighted by molar-refractivity contribution is -0.121. The van der Waals surface area contributed by atoms with E-state index in [9.17, 15) is 4.79 Å². The maximum Gasteiger partial charge on any atom is 0.241 e. The van der Waals surface area contributed by atoms with Gasteiger partial charge in [0, 0.05) is 16.5 Å². The van der Waals surface area contributed by atoms with E-state index >= 15 is 0 Å². The highest BCUT2D eigenvalue weighted by atomic mass is 32.2. The number of piperidine rings is 1. The molecule has 1 N–H and O–H groups in total. The molecular weight excluding hydrogens is 370 g/mol. The quantitative estimate of drug-likeness (QED) is 0.632. The van der Waals surface area contributed by atoms with Crippen LogP contribution in [0, 0.1) is 0 Å². The van der Waals surface area contributed by atoms with Crippen LogP contribution in [0.1, 0.15) is 31.6 Å². The van der Waals surface area contributed by atoms with Gasteiger partial charge in [0.2, 0.25) is 5.91 Å². The Kier molecular flexibility index (Phi) is 5.69. The van der Waals surface area contributed by atoms with E-state index in [-0.39, 0.29) is 11.9 Å². The monoisotopic (exact) mass is 395 g/mol. The number of amides is 1. The van der Waals surface area contributed by atoms with Crippen molar-refractivity contribution in [3.8, 4) is 0 Å². The average molecular weight is 396 g/mol. The molecule has 1 aromatic heterocycles. The van der Waals surface area contributed by atoms with Gasteiger partial charge in [-0.1, -0.05) is 18.2 Å². The van der Waals surface area contributed by atoms with Gasteiger partial charge in [0.05, 0.1) is 6.04 Å². The van der Waals surface area contributed by atoms with Crippen molar-refractivity contribution in [2.45, 2.75) is 36.6 Å². The zero-order chi connectivity index (χ0) is 19.5. The van der Waals surface area contributed by atoms with Crippen molar-refractivity contribution >= 4 is 34.5 Å². The largest absolute Gasteiger partial charge is 0.440 e. The standard InChI is InChI=1S/C22H25N3O2S/c1-15(21(26)23-17-6-5-7-18(14-17)28-2)25-12-10-16(11-13-25)22-24-19-8-3-4-9-20(19)27-22/h3-9,14-16H,10-13H2,1-2H3,(H,23,26). The highest BCUT2D eigenvalue weighted by Gasteiger charge is 2.29. The minimum Gasteiger partial charge on any atom is -0.440 e. The molecule has 1 aliphatic rings. The van der Waals surface area contributed by atoms with Gasteiger partial charge in [0.1, 0.15) is 5.52 Å². The second-order valence-corrected chi connectivity index (χ2v) is 8.11. The highest BCUT2D eigenvalue weighted by molar-refractivity contribution is 7.98. The molecule has 1 saturated heterocycles. The van der Waals surface area contributed by atoms with E-state index in [0.717, 1.165) is 53.5 Å². The second kappa shape index (κ2) is 8.37. The molecule has 0 saturated carbocycles. The van der Waals surface area contributed by atoms with E-state index in [1.807, 2.05) is 61.7 Å². The summed E-state index contributed by atoms with van der Waals surface area (Å²) in [6.45, 7) is 3.71. The number of hydrogen-bond donors (Lipinski definition) is 1. The molecule has 5 nitrogen and oxygen atoms in total. The molecule has 1 fully saturated rings. The number of thioether (sulfide) groups is 1. The first-order valence-electron chi connectivity index (χ1n) is 9.68. The summed E-state index contributed by atoms with van der Waals surface area (Å²) in [4.78, 5) is 20.7. The summed E-state index contributed by atoms with van der Waals surface area (Å²) in [7, 11) is 0. The van der Waals surface area contributed by atoms with Crippen molar-refractivity contribution in [1.82, 2.24) is 9.88 Å². The Balaban J connectivity index is 1.35. The molecule has 1 atom stereocenters. The number of carbonyl (C=O) groups excluding carboxylic acids is 1. The van der Waals surface area contributed by atoms with E-state index in [2.05, 4.69) is 15.2 Å². The molecule has 1 amide bonds. The van der Waals surface area contributed by atoms with Gasteiger partial charge < -0.3 is 9.73 Å².